The normalized spacial score (nSPS) is 10.3. The zero-order valence-corrected chi connectivity index (χ0v) is 12.2. The van der Waals surface area contributed by atoms with Crippen molar-refractivity contribution in [3.8, 4) is 5.75 Å². The lowest BCUT2D eigenvalue weighted by Crippen LogP contribution is -2.02. The standard InChI is InChI=1S/C14H9Cl3O2/c1-19-12-6-5-8(7-11(12)16)14(18)9-3-2-4-10(15)13(9)17/h2-7H,1H3. The van der Waals surface area contributed by atoms with E-state index in [2.05, 4.69) is 0 Å². The fraction of sp³-hybridized carbons (Fsp3) is 0.0714. The van der Waals surface area contributed by atoms with E-state index in [-0.39, 0.29) is 10.8 Å². The van der Waals surface area contributed by atoms with E-state index in [1.807, 2.05) is 0 Å². The summed E-state index contributed by atoms with van der Waals surface area (Å²) in [6, 6.07) is 9.72. The SMILES string of the molecule is COc1ccc(C(=O)c2cccc(Cl)c2Cl)cc1Cl. The van der Waals surface area contributed by atoms with Crippen LogP contribution in [0.3, 0.4) is 0 Å². The highest BCUT2D eigenvalue weighted by molar-refractivity contribution is 6.44. The van der Waals surface area contributed by atoms with Gasteiger partial charge in [0.25, 0.3) is 0 Å². The van der Waals surface area contributed by atoms with Gasteiger partial charge in [-0.3, -0.25) is 4.79 Å². The Morgan fingerprint density at radius 2 is 1.79 bits per heavy atom. The van der Waals surface area contributed by atoms with Crippen LogP contribution in [0.15, 0.2) is 36.4 Å². The summed E-state index contributed by atoms with van der Waals surface area (Å²) in [5.41, 5.74) is 0.769. The minimum atomic E-state index is -0.239. The molecule has 0 fully saturated rings. The number of ketones is 1. The molecule has 0 unspecified atom stereocenters. The van der Waals surface area contributed by atoms with Crippen LogP contribution in [0.1, 0.15) is 15.9 Å². The average Bonchev–Trinajstić information content (AvgIpc) is 2.41. The number of methoxy groups -OCH3 is 1. The Labute approximate surface area is 125 Å². The smallest absolute Gasteiger partial charge is 0.194 e. The van der Waals surface area contributed by atoms with Crippen molar-refractivity contribution < 1.29 is 9.53 Å². The summed E-state index contributed by atoms with van der Waals surface area (Å²) in [6.07, 6.45) is 0. The Kier molecular flexibility index (Phi) is 4.35. The number of carbonyl (C=O) groups is 1. The molecule has 0 aliphatic rings. The molecule has 2 aromatic carbocycles. The number of ether oxygens (including phenoxy) is 1. The minimum Gasteiger partial charge on any atom is -0.495 e. The van der Waals surface area contributed by atoms with Crippen LogP contribution in [0.4, 0.5) is 0 Å². The molecule has 0 amide bonds. The quantitative estimate of drug-likeness (QED) is 0.754. The van der Waals surface area contributed by atoms with Crippen LogP contribution < -0.4 is 4.74 Å². The van der Waals surface area contributed by atoms with E-state index in [1.54, 1.807) is 36.4 Å². The van der Waals surface area contributed by atoms with Crippen molar-refractivity contribution in [3.05, 3.63) is 62.6 Å². The summed E-state index contributed by atoms with van der Waals surface area (Å²) in [5.74, 6) is 0.271. The lowest BCUT2D eigenvalue weighted by atomic mass is 10.0. The number of carbonyl (C=O) groups excluding carboxylic acids is 1. The van der Waals surface area contributed by atoms with E-state index in [9.17, 15) is 4.79 Å². The fourth-order valence-corrected chi connectivity index (χ4v) is 2.29. The third kappa shape index (κ3) is 2.86. The van der Waals surface area contributed by atoms with Crippen LogP contribution in [0.25, 0.3) is 0 Å². The zero-order chi connectivity index (χ0) is 14.0. The van der Waals surface area contributed by atoms with Crippen molar-refractivity contribution in [2.24, 2.45) is 0 Å². The van der Waals surface area contributed by atoms with E-state index in [4.69, 9.17) is 39.5 Å². The zero-order valence-electron chi connectivity index (χ0n) is 9.91. The van der Waals surface area contributed by atoms with Gasteiger partial charge >= 0.3 is 0 Å². The number of hydrogen-bond donors (Lipinski definition) is 0. The first-order valence-electron chi connectivity index (χ1n) is 5.37. The maximum Gasteiger partial charge on any atom is 0.194 e. The largest absolute Gasteiger partial charge is 0.495 e. The molecule has 0 aliphatic heterocycles. The lowest BCUT2D eigenvalue weighted by Gasteiger charge is -2.07. The van der Waals surface area contributed by atoms with Gasteiger partial charge in [0.15, 0.2) is 5.78 Å². The summed E-state index contributed by atoms with van der Waals surface area (Å²) in [5, 5.41) is 0.944. The topological polar surface area (TPSA) is 26.3 Å². The highest BCUT2D eigenvalue weighted by Gasteiger charge is 2.16. The van der Waals surface area contributed by atoms with Gasteiger partial charge in [-0.2, -0.15) is 0 Å². The molecule has 2 aromatic rings. The van der Waals surface area contributed by atoms with Gasteiger partial charge in [-0.05, 0) is 30.3 Å². The fourth-order valence-electron chi connectivity index (χ4n) is 1.64. The summed E-state index contributed by atoms with van der Waals surface area (Å²) in [7, 11) is 1.51. The summed E-state index contributed by atoms with van der Waals surface area (Å²) < 4.78 is 5.04. The van der Waals surface area contributed by atoms with Crippen molar-refractivity contribution in [1.82, 2.24) is 0 Å². The van der Waals surface area contributed by atoms with Crippen LogP contribution in [-0.2, 0) is 0 Å². The van der Waals surface area contributed by atoms with Crippen molar-refractivity contribution in [1.29, 1.82) is 0 Å². The Balaban J connectivity index is 2.44. The minimum absolute atomic E-state index is 0.237. The van der Waals surface area contributed by atoms with Crippen molar-refractivity contribution in [2.45, 2.75) is 0 Å². The maximum absolute atomic E-state index is 12.3. The molecule has 98 valence electrons. The van der Waals surface area contributed by atoms with Gasteiger partial charge in [0.2, 0.25) is 0 Å². The Morgan fingerprint density at radius 3 is 2.42 bits per heavy atom. The Bertz CT molecular complexity index is 639. The Hall–Kier alpha value is -1.22. The van der Waals surface area contributed by atoms with E-state index in [0.29, 0.717) is 26.9 Å². The second-order valence-electron chi connectivity index (χ2n) is 3.78. The number of rotatable bonds is 3. The first-order chi connectivity index (χ1) is 9.04. The number of hydrogen-bond acceptors (Lipinski definition) is 2. The average molecular weight is 316 g/mol. The van der Waals surface area contributed by atoms with Crippen LogP contribution >= 0.6 is 34.8 Å². The van der Waals surface area contributed by atoms with Gasteiger partial charge in [0, 0.05) is 11.1 Å². The van der Waals surface area contributed by atoms with E-state index < -0.39 is 0 Å². The lowest BCUT2D eigenvalue weighted by molar-refractivity contribution is 0.103. The number of halogens is 3. The van der Waals surface area contributed by atoms with Crippen LogP contribution in [0, 0.1) is 0 Å². The first-order valence-corrected chi connectivity index (χ1v) is 6.50. The molecule has 2 rings (SSSR count). The molecular formula is C14H9Cl3O2. The number of benzene rings is 2. The molecular weight excluding hydrogens is 307 g/mol. The van der Waals surface area contributed by atoms with E-state index >= 15 is 0 Å². The molecule has 0 saturated heterocycles. The molecule has 0 spiro atoms. The molecule has 0 radical (unpaired) electrons. The van der Waals surface area contributed by atoms with Gasteiger partial charge in [-0.1, -0.05) is 40.9 Å². The molecule has 0 aliphatic carbocycles. The van der Waals surface area contributed by atoms with Gasteiger partial charge in [0.1, 0.15) is 5.75 Å². The molecule has 0 atom stereocenters. The highest BCUT2D eigenvalue weighted by Crippen LogP contribution is 2.30. The van der Waals surface area contributed by atoms with Crippen LogP contribution in [-0.4, -0.2) is 12.9 Å². The predicted molar refractivity (Wildman–Crippen MR) is 77.9 cm³/mol. The third-order valence-electron chi connectivity index (χ3n) is 2.61. The Morgan fingerprint density at radius 1 is 1.05 bits per heavy atom. The molecule has 0 N–H and O–H groups in total. The second kappa shape index (κ2) is 5.83. The highest BCUT2D eigenvalue weighted by atomic mass is 35.5. The molecule has 0 bridgehead atoms. The second-order valence-corrected chi connectivity index (χ2v) is 4.97. The summed E-state index contributed by atoms with van der Waals surface area (Å²) >= 11 is 17.9. The predicted octanol–water partition coefficient (Wildman–Crippen LogP) is 4.89. The summed E-state index contributed by atoms with van der Waals surface area (Å²) in [6.45, 7) is 0. The van der Waals surface area contributed by atoms with Gasteiger partial charge < -0.3 is 4.74 Å². The first kappa shape index (κ1) is 14.2. The van der Waals surface area contributed by atoms with Crippen molar-refractivity contribution in [2.75, 3.05) is 7.11 Å². The van der Waals surface area contributed by atoms with Crippen molar-refractivity contribution >= 4 is 40.6 Å². The maximum atomic E-state index is 12.3. The molecule has 0 saturated carbocycles. The molecule has 5 heteroatoms. The summed E-state index contributed by atoms with van der Waals surface area (Å²) in [4.78, 5) is 12.3. The third-order valence-corrected chi connectivity index (χ3v) is 3.72. The molecule has 19 heavy (non-hydrogen) atoms. The van der Waals surface area contributed by atoms with Gasteiger partial charge in [-0.15, -0.1) is 0 Å². The molecule has 0 heterocycles. The van der Waals surface area contributed by atoms with Gasteiger partial charge in [-0.25, -0.2) is 0 Å². The molecule has 0 aromatic heterocycles. The van der Waals surface area contributed by atoms with Crippen molar-refractivity contribution in [3.63, 3.8) is 0 Å². The van der Waals surface area contributed by atoms with E-state index in [0.717, 1.165) is 0 Å². The van der Waals surface area contributed by atoms with E-state index in [1.165, 1.54) is 7.11 Å². The monoisotopic (exact) mass is 314 g/mol. The van der Waals surface area contributed by atoms with Gasteiger partial charge in [0.05, 0.1) is 22.2 Å². The van der Waals surface area contributed by atoms with Crippen LogP contribution in [0.2, 0.25) is 15.1 Å². The van der Waals surface area contributed by atoms with Crippen LogP contribution in [0.5, 0.6) is 5.75 Å². The molecule has 2 nitrogen and oxygen atoms in total.